The fourth-order valence-electron chi connectivity index (χ4n) is 1.69. The van der Waals surface area contributed by atoms with Gasteiger partial charge in [0.15, 0.2) is 0 Å². The number of rotatable bonds is 7. The molecule has 0 bridgehead atoms. The average molecular weight is 301 g/mol. The second-order valence-corrected chi connectivity index (χ2v) is 6.82. The van der Waals surface area contributed by atoms with Gasteiger partial charge in [0.2, 0.25) is 5.91 Å². The average Bonchev–Trinajstić information content (AvgIpc) is 2.28. The molecule has 124 valence electrons. The molecule has 0 saturated carbocycles. The summed E-state index contributed by atoms with van der Waals surface area (Å²) >= 11 is 0. The molecular formula is C15H31N3O3. The number of hydrogen-bond donors (Lipinski definition) is 2. The Balaban J connectivity index is 4.34. The smallest absolute Gasteiger partial charge is 0.408 e. The van der Waals surface area contributed by atoms with Crippen molar-refractivity contribution in [3.05, 3.63) is 0 Å². The number of nitrogens with zero attached hydrogens (tertiary/aromatic N) is 1. The molecule has 0 aromatic carbocycles. The first-order valence-corrected chi connectivity index (χ1v) is 7.45. The van der Waals surface area contributed by atoms with Crippen LogP contribution in [0.15, 0.2) is 0 Å². The third-order valence-corrected chi connectivity index (χ3v) is 2.70. The number of amides is 2. The van der Waals surface area contributed by atoms with Crippen LogP contribution in [0.3, 0.4) is 0 Å². The zero-order valence-electron chi connectivity index (χ0n) is 14.4. The Labute approximate surface area is 128 Å². The molecule has 2 N–H and O–H groups in total. The summed E-state index contributed by atoms with van der Waals surface area (Å²) in [4.78, 5) is 26.0. The normalized spacial score (nSPS) is 13.2. The van der Waals surface area contributed by atoms with Crippen LogP contribution in [0, 0.1) is 5.92 Å². The maximum absolute atomic E-state index is 12.1. The molecule has 21 heavy (non-hydrogen) atoms. The monoisotopic (exact) mass is 301 g/mol. The molecular weight excluding hydrogens is 270 g/mol. The van der Waals surface area contributed by atoms with E-state index in [9.17, 15) is 9.59 Å². The molecule has 0 aliphatic carbocycles. The van der Waals surface area contributed by atoms with Crippen LogP contribution >= 0.6 is 0 Å². The van der Waals surface area contributed by atoms with E-state index in [0.29, 0.717) is 6.54 Å². The molecule has 0 unspecified atom stereocenters. The maximum atomic E-state index is 12.1. The van der Waals surface area contributed by atoms with E-state index in [-0.39, 0.29) is 11.8 Å². The summed E-state index contributed by atoms with van der Waals surface area (Å²) in [7, 11) is 3.98. The SMILES string of the molecule is CC(C)[C@H](NC(=O)OC(C)(C)C)C(=O)NCCCN(C)C. The highest BCUT2D eigenvalue weighted by molar-refractivity contribution is 5.85. The molecule has 0 fully saturated rings. The van der Waals surface area contributed by atoms with Gasteiger partial charge in [-0.3, -0.25) is 4.79 Å². The van der Waals surface area contributed by atoms with E-state index < -0.39 is 17.7 Å². The van der Waals surface area contributed by atoms with Crippen LogP contribution in [-0.2, 0) is 9.53 Å². The van der Waals surface area contributed by atoms with E-state index in [2.05, 4.69) is 15.5 Å². The van der Waals surface area contributed by atoms with Crippen molar-refractivity contribution in [3.63, 3.8) is 0 Å². The van der Waals surface area contributed by atoms with Crippen LogP contribution in [0.4, 0.5) is 4.79 Å². The molecule has 6 heteroatoms. The summed E-state index contributed by atoms with van der Waals surface area (Å²) in [5.41, 5.74) is -0.576. The van der Waals surface area contributed by atoms with Crippen LogP contribution in [0.5, 0.6) is 0 Å². The van der Waals surface area contributed by atoms with Gasteiger partial charge in [-0.15, -0.1) is 0 Å². The fourth-order valence-corrected chi connectivity index (χ4v) is 1.69. The summed E-state index contributed by atoms with van der Waals surface area (Å²) in [6.45, 7) is 10.7. The maximum Gasteiger partial charge on any atom is 0.408 e. The molecule has 0 spiro atoms. The first-order chi connectivity index (χ1) is 9.53. The number of carbonyl (C=O) groups excluding carboxylic acids is 2. The summed E-state index contributed by atoms with van der Waals surface area (Å²) < 4.78 is 5.19. The van der Waals surface area contributed by atoms with Crippen molar-refractivity contribution in [2.75, 3.05) is 27.2 Å². The van der Waals surface area contributed by atoms with Crippen LogP contribution in [0.1, 0.15) is 41.0 Å². The third-order valence-electron chi connectivity index (χ3n) is 2.70. The highest BCUT2D eigenvalue weighted by Gasteiger charge is 2.26. The van der Waals surface area contributed by atoms with Gasteiger partial charge in [0.25, 0.3) is 0 Å². The Hall–Kier alpha value is -1.30. The minimum Gasteiger partial charge on any atom is -0.444 e. The van der Waals surface area contributed by atoms with Gasteiger partial charge < -0.3 is 20.3 Å². The Morgan fingerprint density at radius 1 is 1.19 bits per heavy atom. The van der Waals surface area contributed by atoms with Crippen LogP contribution < -0.4 is 10.6 Å². The van der Waals surface area contributed by atoms with E-state index in [0.717, 1.165) is 13.0 Å². The number of carbonyl (C=O) groups is 2. The molecule has 0 aliphatic heterocycles. The lowest BCUT2D eigenvalue weighted by Gasteiger charge is -2.25. The Bertz CT molecular complexity index is 336. The first kappa shape index (κ1) is 19.7. The number of nitrogens with one attached hydrogen (secondary N) is 2. The van der Waals surface area contributed by atoms with Crippen molar-refractivity contribution in [3.8, 4) is 0 Å². The molecule has 0 aromatic rings. The summed E-state index contributed by atoms with van der Waals surface area (Å²) in [5.74, 6) is -0.180. The van der Waals surface area contributed by atoms with Crippen LogP contribution in [-0.4, -0.2) is 55.7 Å². The lowest BCUT2D eigenvalue weighted by molar-refractivity contribution is -0.124. The highest BCUT2D eigenvalue weighted by Crippen LogP contribution is 2.08. The van der Waals surface area contributed by atoms with Crippen molar-refractivity contribution in [2.45, 2.75) is 52.7 Å². The van der Waals surface area contributed by atoms with Crippen molar-refractivity contribution < 1.29 is 14.3 Å². The number of alkyl carbamates (subject to hydrolysis) is 1. The first-order valence-electron chi connectivity index (χ1n) is 7.45. The molecule has 0 aliphatic rings. The lowest BCUT2D eigenvalue weighted by Crippen LogP contribution is -2.51. The van der Waals surface area contributed by atoms with Gasteiger partial charge in [-0.2, -0.15) is 0 Å². The topological polar surface area (TPSA) is 70.7 Å². The second-order valence-electron chi connectivity index (χ2n) is 6.82. The summed E-state index contributed by atoms with van der Waals surface area (Å²) in [5, 5.41) is 5.49. The van der Waals surface area contributed by atoms with Gasteiger partial charge in [0, 0.05) is 6.54 Å². The molecule has 0 aromatic heterocycles. The van der Waals surface area contributed by atoms with Crippen LogP contribution in [0.25, 0.3) is 0 Å². The molecule has 6 nitrogen and oxygen atoms in total. The van der Waals surface area contributed by atoms with Gasteiger partial charge in [0.05, 0.1) is 0 Å². The van der Waals surface area contributed by atoms with Gasteiger partial charge in [0.1, 0.15) is 11.6 Å². The van der Waals surface area contributed by atoms with Crippen molar-refractivity contribution in [1.29, 1.82) is 0 Å². The van der Waals surface area contributed by atoms with E-state index >= 15 is 0 Å². The predicted molar refractivity (Wildman–Crippen MR) is 84.2 cm³/mol. The third kappa shape index (κ3) is 10.1. The summed E-state index contributed by atoms with van der Waals surface area (Å²) in [6, 6.07) is -0.584. The number of hydrogen-bond acceptors (Lipinski definition) is 4. The Kier molecular flexibility index (Phi) is 8.32. The van der Waals surface area contributed by atoms with Gasteiger partial charge in [-0.25, -0.2) is 4.79 Å². The lowest BCUT2D eigenvalue weighted by atomic mass is 10.0. The summed E-state index contributed by atoms with van der Waals surface area (Å²) in [6.07, 6.45) is 0.306. The van der Waals surface area contributed by atoms with Crippen molar-refractivity contribution in [1.82, 2.24) is 15.5 Å². The van der Waals surface area contributed by atoms with Crippen molar-refractivity contribution in [2.24, 2.45) is 5.92 Å². The van der Waals surface area contributed by atoms with Crippen molar-refractivity contribution >= 4 is 12.0 Å². The van der Waals surface area contributed by atoms with E-state index in [1.807, 2.05) is 27.9 Å². The van der Waals surface area contributed by atoms with Gasteiger partial charge >= 0.3 is 6.09 Å². The predicted octanol–water partition coefficient (Wildman–Crippen LogP) is 1.60. The minimum absolute atomic E-state index is 0.00799. The molecule has 0 heterocycles. The molecule has 2 amide bonds. The van der Waals surface area contributed by atoms with E-state index in [1.165, 1.54) is 0 Å². The van der Waals surface area contributed by atoms with E-state index in [4.69, 9.17) is 4.74 Å². The highest BCUT2D eigenvalue weighted by atomic mass is 16.6. The van der Waals surface area contributed by atoms with E-state index in [1.54, 1.807) is 20.8 Å². The van der Waals surface area contributed by atoms with Crippen LogP contribution in [0.2, 0.25) is 0 Å². The second kappa shape index (κ2) is 8.87. The standard InChI is InChI=1S/C15H31N3O3/c1-11(2)12(17-14(20)21-15(3,4)5)13(19)16-9-8-10-18(6)7/h11-12H,8-10H2,1-7H3,(H,16,19)(H,17,20)/t12-/m0/s1. The quantitative estimate of drug-likeness (QED) is 0.701. The number of ether oxygens (including phenoxy) is 1. The van der Waals surface area contributed by atoms with Gasteiger partial charge in [-0.05, 0) is 53.8 Å². The molecule has 0 radical (unpaired) electrons. The Morgan fingerprint density at radius 2 is 1.76 bits per heavy atom. The fraction of sp³-hybridized carbons (Fsp3) is 0.867. The zero-order valence-corrected chi connectivity index (χ0v) is 14.4. The largest absolute Gasteiger partial charge is 0.444 e. The molecule has 1 atom stereocenters. The molecule has 0 rings (SSSR count). The molecule has 0 saturated heterocycles. The van der Waals surface area contributed by atoms with Gasteiger partial charge in [-0.1, -0.05) is 13.8 Å². The Morgan fingerprint density at radius 3 is 2.19 bits per heavy atom. The zero-order chi connectivity index (χ0) is 16.6. The minimum atomic E-state index is -0.584.